The summed E-state index contributed by atoms with van der Waals surface area (Å²) in [4.78, 5) is 15.9. The summed E-state index contributed by atoms with van der Waals surface area (Å²) < 4.78 is 7.95. The topological polar surface area (TPSA) is 64.3 Å². The Bertz CT molecular complexity index is 671. The number of carboxylic acid groups (broad SMARTS) is 1. The number of para-hydroxylation sites is 1. The number of nitrogens with zero attached hydrogens (tertiary/aromatic N) is 2. The van der Waals surface area contributed by atoms with E-state index in [2.05, 4.69) is 16.5 Å². The van der Waals surface area contributed by atoms with Crippen LogP contribution in [0.4, 0.5) is 0 Å². The van der Waals surface area contributed by atoms with Gasteiger partial charge >= 0.3 is 5.97 Å². The maximum atomic E-state index is 11.4. The molecule has 1 aliphatic heterocycles. The van der Waals surface area contributed by atoms with Crippen LogP contribution in [0.3, 0.4) is 0 Å². The highest BCUT2D eigenvalue weighted by Crippen LogP contribution is 2.30. The molecule has 1 aliphatic rings. The first-order valence-electron chi connectivity index (χ1n) is 7.48. The van der Waals surface area contributed by atoms with Crippen molar-refractivity contribution in [3.05, 3.63) is 29.6 Å². The van der Waals surface area contributed by atoms with Crippen LogP contribution in [0, 0.1) is 0 Å². The molecule has 3 rings (SSSR count). The Labute approximate surface area is 123 Å². The van der Waals surface area contributed by atoms with Gasteiger partial charge in [-0.3, -0.25) is 0 Å². The molecule has 2 unspecified atom stereocenters. The number of benzene rings is 1. The van der Waals surface area contributed by atoms with Crippen LogP contribution in [0.1, 0.15) is 48.9 Å². The molecule has 0 radical (unpaired) electrons. The van der Waals surface area contributed by atoms with E-state index in [1.165, 1.54) is 0 Å². The summed E-state index contributed by atoms with van der Waals surface area (Å²) in [6, 6.07) is 5.50. The van der Waals surface area contributed by atoms with Gasteiger partial charge in [0.25, 0.3) is 0 Å². The van der Waals surface area contributed by atoms with E-state index in [-0.39, 0.29) is 17.7 Å². The van der Waals surface area contributed by atoms with Crippen molar-refractivity contribution in [1.29, 1.82) is 0 Å². The van der Waals surface area contributed by atoms with E-state index in [1.807, 2.05) is 13.0 Å². The largest absolute Gasteiger partial charge is 0.478 e. The monoisotopic (exact) mass is 288 g/mol. The third kappa shape index (κ3) is 2.31. The number of aromatic carboxylic acids is 1. The van der Waals surface area contributed by atoms with Gasteiger partial charge in [0.15, 0.2) is 0 Å². The molecule has 1 N–H and O–H groups in total. The number of imidazole rings is 1. The number of hydrogen-bond donors (Lipinski definition) is 1. The Kier molecular flexibility index (Phi) is 3.68. The Morgan fingerprint density at radius 3 is 3.00 bits per heavy atom. The van der Waals surface area contributed by atoms with E-state index >= 15 is 0 Å². The maximum absolute atomic E-state index is 11.4. The molecule has 1 saturated heterocycles. The molecule has 0 saturated carbocycles. The number of hydrogen-bond acceptors (Lipinski definition) is 3. The zero-order chi connectivity index (χ0) is 15.0. The molecule has 1 aromatic carbocycles. The molecule has 5 nitrogen and oxygen atoms in total. The predicted molar refractivity (Wildman–Crippen MR) is 79.8 cm³/mol. The van der Waals surface area contributed by atoms with Crippen LogP contribution in [0.2, 0.25) is 0 Å². The highest BCUT2D eigenvalue weighted by atomic mass is 16.5. The van der Waals surface area contributed by atoms with E-state index in [4.69, 9.17) is 4.74 Å². The lowest BCUT2D eigenvalue weighted by atomic mass is 10.1. The Morgan fingerprint density at radius 2 is 2.38 bits per heavy atom. The van der Waals surface area contributed by atoms with Gasteiger partial charge in [-0.1, -0.05) is 13.0 Å². The SMILES string of the molecule is CCc1nc2c(C(=O)O)cccc2n1C(C)C1CCCO1. The number of carbonyl (C=O) groups is 1. The van der Waals surface area contributed by atoms with Gasteiger partial charge < -0.3 is 14.4 Å². The second-order valence-electron chi connectivity index (χ2n) is 5.52. The van der Waals surface area contributed by atoms with Crippen LogP contribution in [0.5, 0.6) is 0 Å². The number of fused-ring (bicyclic) bond motifs is 1. The fourth-order valence-corrected chi connectivity index (χ4v) is 3.19. The molecule has 2 atom stereocenters. The van der Waals surface area contributed by atoms with Crippen LogP contribution in [0.25, 0.3) is 11.0 Å². The minimum Gasteiger partial charge on any atom is -0.478 e. The molecule has 2 aromatic rings. The summed E-state index contributed by atoms with van der Waals surface area (Å²) in [5.74, 6) is -0.0145. The van der Waals surface area contributed by atoms with Crippen molar-refractivity contribution >= 4 is 17.0 Å². The molecule has 112 valence electrons. The van der Waals surface area contributed by atoms with Crippen LogP contribution in [0.15, 0.2) is 18.2 Å². The standard InChI is InChI=1S/C16H20N2O3/c1-3-14-17-15-11(16(19)20)6-4-7-12(15)18(14)10(2)13-8-5-9-21-13/h4,6-7,10,13H,3,5,8-9H2,1-2H3,(H,19,20). The fraction of sp³-hybridized carbons (Fsp3) is 0.500. The van der Waals surface area contributed by atoms with Gasteiger partial charge in [-0.15, -0.1) is 0 Å². The molecule has 2 heterocycles. The molecule has 0 amide bonds. The molecule has 1 aromatic heterocycles. The highest BCUT2D eigenvalue weighted by Gasteiger charge is 2.27. The lowest BCUT2D eigenvalue weighted by Crippen LogP contribution is -2.22. The molecule has 21 heavy (non-hydrogen) atoms. The normalized spacial score (nSPS) is 20.0. The minimum atomic E-state index is -0.933. The molecular formula is C16H20N2O3. The smallest absolute Gasteiger partial charge is 0.337 e. The van der Waals surface area contributed by atoms with Crippen molar-refractivity contribution in [1.82, 2.24) is 9.55 Å². The second kappa shape index (κ2) is 5.48. The Balaban J connectivity index is 2.16. The molecular weight excluding hydrogens is 268 g/mol. The Morgan fingerprint density at radius 1 is 1.57 bits per heavy atom. The summed E-state index contributed by atoms with van der Waals surface area (Å²) in [7, 11) is 0. The molecule has 0 aliphatic carbocycles. The zero-order valence-corrected chi connectivity index (χ0v) is 12.4. The van der Waals surface area contributed by atoms with Crippen LogP contribution in [-0.2, 0) is 11.2 Å². The number of aryl methyl sites for hydroxylation is 1. The highest BCUT2D eigenvalue weighted by molar-refractivity contribution is 6.01. The van der Waals surface area contributed by atoms with Crippen LogP contribution in [-0.4, -0.2) is 33.3 Å². The lowest BCUT2D eigenvalue weighted by Gasteiger charge is -2.22. The number of ether oxygens (including phenoxy) is 1. The third-order valence-electron chi connectivity index (χ3n) is 4.25. The zero-order valence-electron chi connectivity index (χ0n) is 12.4. The van der Waals surface area contributed by atoms with Crippen molar-refractivity contribution in [2.45, 2.75) is 45.3 Å². The maximum Gasteiger partial charge on any atom is 0.337 e. The Hall–Kier alpha value is -1.88. The quantitative estimate of drug-likeness (QED) is 0.939. The van der Waals surface area contributed by atoms with Crippen molar-refractivity contribution in [3.8, 4) is 0 Å². The number of rotatable bonds is 4. The van der Waals surface area contributed by atoms with Gasteiger partial charge in [0, 0.05) is 13.0 Å². The summed E-state index contributed by atoms with van der Waals surface area (Å²) in [5, 5.41) is 9.33. The number of carboxylic acids is 1. The van der Waals surface area contributed by atoms with Gasteiger partial charge in [-0.25, -0.2) is 9.78 Å². The van der Waals surface area contributed by atoms with Crippen molar-refractivity contribution in [2.24, 2.45) is 0 Å². The summed E-state index contributed by atoms with van der Waals surface area (Å²) >= 11 is 0. The average molecular weight is 288 g/mol. The van der Waals surface area contributed by atoms with Gasteiger partial charge in [0.1, 0.15) is 11.3 Å². The first-order valence-corrected chi connectivity index (χ1v) is 7.48. The van der Waals surface area contributed by atoms with Crippen molar-refractivity contribution in [2.75, 3.05) is 6.61 Å². The first-order chi connectivity index (χ1) is 10.1. The molecule has 0 spiro atoms. The van der Waals surface area contributed by atoms with E-state index in [0.717, 1.165) is 37.2 Å². The second-order valence-corrected chi connectivity index (χ2v) is 5.52. The van der Waals surface area contributed by atoms with E-state index in [9.17, 15) is 9.90 Å². The molecule has 5 heteroatoms. The van der Waals surface area contributed by atoms with Crippen molar-refractivity contribution in [3.63, 3.8) is 0 Å². The van der Waals surface area contributed by atoms with E-state index < -0.39 is 5.97 Å². The first kappa shape index (κ1) is 14.1. The average Bonchev–Trinajstić information content (AvgIpc) is 3.12. The molecule has 1 fully saturated rings. The van der Waals surface area contributed by atoms with Gasteiger partial charge in [0.05, 0.1) is 23.2 Å². The van der Waals surface area contributed by atoms with Gasteiger partial charge in [-0.2, -0.15) is 0 Å². The van der Waals surface area contributed by atoms with Crippen LogP contribution >= 0.6 is 0 Å². The van der Waals surface area contributed by atoms with Gasteiger partial charge in [0.2, 0.25) is 0 Å². The predicted octanol–water partition coefficient (Wildman–Crippen LogP) is 3.04. The van der Waals surface area contributed by atoms with Crippen LogP contribution < -0.4 is 0 Å². The molecule has 0 bridgehead atoms. The fourth-order valence-electron chi connectivity index (χ4n) is 3.19. The lowest BCUT2D eigenvalue weighted by molar-refractivity contribution is 0.0699. The summed E-state index contributed by atoms with van der Waals surface area (Å²) in [6.45, 7) is 4.98. The minimum absolute atomic E-state index is 0.163. The van der Waals surface area contributed by atoms with Crippen molar-refractivity contribution < 1.29 is 14.6 Å². The third-order valence-corrected chi connectivity index (χ3v) is 4.25. The van der Waals surface area contributed by atoms with E-state index in [0.29, 0.717) is 5.52 Å². The number of aromatic nitrogens is 2. The van der Waals surface area contributed by atoms with E-state index in [1.54, 1.807) is 12.1 Å². The summed E-state index contributed by atoms with van der Waals surface area (Å²) in [6.07, 6.45) is 3.08. The summed E-state index contributed by atoms with van der Waals surface area (Å²) in [5.41, 5.74) is 1.72. The van der Waals surface area contributed by atoms with Gasteiger partial charge in [-0.05, 0) is 31.9 Å².